The summed E-state index contributed by atoms with van der Waals surface area (Å²) in [5.74, 6) is -0.493. The number of thiophene rings is 1. The minimum atomic E-state index is -3.56. The number of rotatable bonds is 7. The lowest BCUT2D eigenvalue weighted by Crippen LogP contribution is -2.24. The Hall–Kier alpha value is -2.30. The third kappa shape index (κ3) is 4.37. The average Bonchev–Trinajstić information content (AvgIpc) is 3.04. The first kappa shape index (κ1) is 18.0. The monoisotopic (exact) mass is 369 g/mol. The highest BCUT2D eigenvalue weighted by Gasteiger charge is 2.16. The maximum absolute atomic E-state index is 12.0. The number of nitrogens with zero attached hydrogens (tertiary/aromatic N) is 1. The number of carbonyl (C=O) groups excluding carboxylic acids is 1. The quantitative estimate of drug-likeness (QED) is 0.574. The van der Waals surface area contributed by atoms with Crippen molar-refractivity contribution in [2.75, 3.05) is 11.9 Å². The van der Waals surface area contributed by atoms with Gasteiger partial charge in [-0.1, -0.05) is 18.3 Å². The fraction of sp³-hybridized carbons (Fsp3) is 0.214. The molecule has 0 saturated heterocycles. The number of nitrogens with one attached hydrogen (secondary N) is 2. The summed E-state index contributed by atoms with van der Waals surface area (Å²) in [6, 6.07) is 8.30. The molecule has 0 aliphatic heterocycles. The van der Waals surface area contributed by atoms with Crippen LogP contribution >= 0.6 is 11.3 Å². The number of amides is 1. The lowest BCUT2D eigenvalue weighted by molar-refractivity contribution is -0.380. The second-order valence-electron chi connectivity index (χ2n) is 4.77. The molecule has 0 saturated carbocycles. The zero-order chi connectivity index (χ0) is 17.7. The number of nitro groups is 1. The van der Waals surface area contributed by atoms with E-state index < -0.39 is 20.9 Å². The smallest absolute Gasteiger partial charge is 0.321 e. The van der Waals surface area contributed by atoms with E-state index >= 15 is 0 Å². The van der Waals surface area contributed by atoms with Crippen LogP contribution in [-0.2, 0) is 10.0 Å². The van der Waals surface area contributed by atoms with Crippen LogP contribution in [0.5, 0.6) is 0 Å². The fourth-order valence-corrected chi connectivity index (χ4v) is 3.63. The molecule has 0 aliphatic carbocycles. The molecule has 10 heteroatoms. The summed E-state index contributed by atoms with van der Waals surface area (Å²) < 4.78 is 26.4. The summed E-state index contributed by atoms with van der Waals surface area (Å²) in [5, 5.41) is 13.1. The van der Waals surface area contributed by atoms with Gasteiger partial charge in [0.2, 0.25) is 10.0 Å². The molecule has 2 N–H and O–H groups in total. The van der Waals surface area contributed by atoms with Crippen molar-refractivity contribution in [1.82, 2.24) is 4.72 Å². The van der Waals surface area contributed by atoms with Gasteiger partial charge in [0.1, 0.15) is 0 Å². The van der Waals surface area contributed by atoms with E-state index in [4.69, 9.17) is 0 Å². The molecule has 1 aromatic carbocycles. The predicted molar refractivity (Wildman–Crippen MR) is 90.8 cm³/mol. The first-order valence-corrected chi connectivity index (χ1v) is 9.29. The van der Waals surface area contributed by atoms with Gasteiger partial charge in [0.25, 0.3) is 5.91 Å². The normalized spacial score (nSPS) is 11.2. The van der Waals surface area contributed by atoms with Gasteiger partial charge in [-0.3, -0.25) is 14.9 Å². The Morgan fingerprint density at radius 3 is 2.42 bits per heavy atom. The van der Waals surface area contributed by atoms with Crippen LogP contribution in [0.25, 0.3) is 0 Å². The molecule has 0 bridgehead atoms. The zero-order valence-electron chi connectivity index (χ0n) is 12.7. The van der Waals surface area contributed by atoms with E-state index in [1.165, 1.54) is 36.4 Å². The van der Waals surface area contributed by atoms with Crippen LogP contribution in [0, 0.1) is 10.1 Å². The second kappa shape index (κ2) is 7.51. The standard InChI is InChI=1S/C14H15N3O5S2/c1-2-9-15-24(21,22)11-5-3-10(4-6-11)16-14(18)12-7-8-13(23-12)17(19)20/h3-8,15H,2,9H2,1H3,(H,16,18). The van der Waals surface area contributed by atoms with Crippen molar-refractivity contribution >= 4 is 38.0 Å². The number of hydrogen-bond acceptors (Lipinski definition) is 6. The molecule has 0 radical (unpaired) electrons. The van der Waals surface area contributed by atoms with Gasteiger partial charge in [-0.05, 0) is 36.8 Å². The molecule has 1 aromatic heterocycles. The molecular formula is C14H15N3O5S2. The van der Waals surface area contributed by atoms with E-state index in [0.717, 1.165) is 11.3 Å². The summed E-state index contributed by atoms with van der Waals surface area (Å²) in [4.78, 5) is 22.4. The van der Waals surface area contributed by atoms with Gasteiger partial charge < -0.3 is 5.32 Å². The van der Waals surface area contributed by atoms with Crippen molar-refractivity contribution in [3.8, 4) is 0 Å². The molecule has 0 atom stereocenters. The highest BCUT2D eigenvalue weighted by Crippen LogP contribution is 2.25. The molecular weight excluding hydrogens is 354 g/mol. The van der Waals surface area contributed by atoms with Crippen LogP contribution in [0.1, 0.15) is 23.0 Å². The molecule has 1 amide bonds. The van der Waals surface area contributed by atoms with Crippen molar-refractivity contribution in [2.45, 2.75) is 18.2 Å². The summed E-state index contributed by atoms with van der Waals surface area (Å²) >= 11 is 0.768. The predicted octanol–water partition coefficient (Wildman–Crippen LogP) is 2.60. The summed E-state index contributed by atoms with van der Waals surface area (Å²) in [7, 11) is -3.56. The van der Waals surface area contributed by atoms with E-state index in [1.54, 1.807) is 0 Å². The Balaban J connectivity index is 2.08. The molecule has 0 aliphatic rings. The van der Waals surface area contributed by atoms with Gasteiger partial charge in [-0.25, -0.2) is 13.1 Å². The molecule has 2 rings (SSSR count). The lowest BCUT2D eigenvalue weighted by Gasteiger charge is -2.07. The topological polar surface area (TPSA) is 118 Å². The molecule has 2 aromatic rings. The van der Waals surface area contributed by atoms with Gasteiger partial charge in [-0.15, -0.1) is 0 Å². The first-order valence-electron chi connectivity index (χ1n) is 6.99. The van der Waals surface area contributed by atoms with E-state index in [0.29, 0.717) is 18.7 Å². The van der Waals surface area contributed by atoms with Gasteiger partial charge in [0.05, 0.1) is 14.7 Å². The van der Waals surface area contributed by atoms with Crippen molar-refractivity contribution in [2.24, 2.45) is 0 Å². The Morgan fingerprint density at radius 1 is 1.21 bits per heavy atom. The maximum Gasteiger partial charge on any atom is 0.324 e. The molecule has 128 valence electrons. The minimum absolute atomic E-state index is 0.0979. The van der Waals surface area contributed by atoms with Gasteiger partial charge in [0.15, 0.2) is 0 Å². The van der Waals surface area contributed by atoms with Crippen molar-refractivity contribution in [1.29, 1.82) is 0 Å². The lowest BCUT2D eigenvalue weighted by atomic mass is 10.3. The average molecular weight is 369 g/mol. The molecule has 1 heterocycles. The Kier molecular flexibility index (Phi) is 5.65. The van der Waals surface area contributed by atoms with Crippen LogP contribution in [0.3, 0.4) is 0 Å². The van der Waals surface area contributed by atoms with Crippen LogP contribution in [-0.4, -0.2) is 25.8 Å². The highest BCUT2D eigenvalue weighted by atomic mass is 32.2. The first-order chi connectivity index (χ1) is 11.3. The van der Waals surface area contributed by atoms with Crippen molar-refractivity contribution in [3.63, 3.8) is 0 Å². The number of benzene rings is 1. The third-order valence-corrected chi connectivity index (χ3v) is 5.47. The highest BCUT2D eigenvalue weighted by molar-refractivity contribution is 7.89. The molecule has 0 spiro atoms. The molecule has 24 heavy (non-hydrogen) atoms. The van der Waals surface area contributed by atoms with E-state index in [2.05, 4.69) is 10.0 Å². The maximum atomic E-state index is 12.0. The molecule has 0 fully saturated rings. The van der Waals surface area contributed by atoms with Crippen LogP contribution in [0.2, 0.25) is 0 Å². The van der Waals surface area contributed by atoms with Gasteiger partial charge >= 0.3 is 5.00 Å². The van der Waals surface area contributed by atoms with E-state index in [-0.39, 0.29) is 14.8 Å². The Bertz CT molecular complexity index is 844. The number of sulfonamides is 1. The SMILES string of the molecule is CCCNS(=O)(=O)c1ccc(NC(=O)c2ccc([N+](=O)[O-])s2)cc1. The Labute approximate surface area is 142 Å². The van der Waals surface area contributed by atoms with Crippen molar-refractivity contribution < 1.29 is 18.1 Å². The number of anilines is 1. The largest absolute Gasteiger partial charge is 0.324 e. The van der Waals surface area contributed by atoms with Crippen molar-refractivity contribution in [3.05, 3.63) is 51.4 Å². The van der Waals surface area contributed by atoms with Gasteiger partial charge in [0, 0.05) is 18.3 Å². The molecule has 8 nitrogen and oxygen atoms in total. The van der Waals surface area contributed by atoms with Gasteiger partial charge in [-0.2, -0.15) is 0 Å². The molecule has 0 unspecified atom stereocenters. The second-order valence-corrected chi connectivity index (χ2v) is 7.60. The van der Waals surface area contributed by atoms with Crippen LogP contribution in [0.15, 0.2) is 41.3 Å². The summed E-state index contributed by atoms with van der Waals surface area (Å²) in [6.07, 6.45) is 0.681. The third-order valence-electron chi connectivity index (χ3n) is 2.96. The van der Waals surface area contributed by atoms with E-state index in [1.807, 2.05) is 6.92 Å². The zero-order valence-corrected chi connectivity index (χ0v) is 14.3. The Morgan fingerprint density at radius 2 is 1.88 bits per heavy atom. The number of carbonyl (C=O) groups is 1. The van der Waals surface area contributed by atoms with Crippen LogP contribution < -0.4 is 10.0 Å². The summed E-state index contributed by atoms with van der Waals surface area (Å²) in [5.41, 5.74) is 0.394. The number of hydrogen-bond donors (Lipinski definition) is 2. The fourth-order valence-electron chi connectivity index (χ4n) is 1.78. The summed E-state index contributed by atoms with van der Waals surface area (Å²) in [6.45, 7) is 2.20. The van der Waals surface area contributed by atoms with Crippen LogP contribution in [0.4, 0.5) is 10.7 Å². The minimum Gasteiger partial charge on any atom is -0.321 e. The van der Waals surface area contributed by atoms with E-state index in [9.17, 15) is 23.3 Å².